The molecule has 0 aliphatic carbocycles. The van der Waals surface area contributed by atoms with Crippen LogP contribution >= 0.6 is 69.6 Å². The van der Waals surface area contributed by atoms with Gasteiger partial charge in [-0.25, -0.2) is 0 Å². The lowest BCUT2D eigenvalue weighted by Gasteiger charge is -2.13. The number of alkyl halides is 6. The Kier molecular flexibility index (Phi) is 7.15. The van der Waals surface area contributed by atoms with Crippen molar-refractivity contribution in [2.75, 3.05) is 13.2 Å². The average molecular weight is 309 g/mol. The molecule has 7 heteroatoms. The third-order valence-corrected chi connectivity index (χ3v) is 2.19. The second kappa shape index (κ2) is 6.32. The van der Waals surface area contributed by atoms with Crippen LogP contribution in [0.4, 0.5) is 0 Å². The van der Waals surface area contributed by atoms with Gasteiger partial charge in [-0.3, -0.25) is 0 Å². The van der Waals surface area contributed by atoms with Crippen molar-refractivity contribution in [3.63, 3.8) is 0 Å². The molecule has 0 fully saturated rings. The zero-order chi connectivity index (χ0) is 10.5. The minimum absolute atomic E-state index is 0.317. The smallest absolute Gasteiger partial charge is 0.192 e. The second-order valence-corrected chi connectivity index (χ2v) is 7.37. The minimum Gasteiger partial charge on any atom is -0.381 e. The maximum absolute atomic E-state index is 5.47. The van der Waals surface area contributed by atoms with Gasteiger partial charge in [-0.15, -0.1) is 0 Å². The van der Waals surface area contributed by atoms with Gasteiger partial charge in [0.05, 0.1) is 13.2 Å². The summed E-state index contributed by atoms with van der Waals surface area (Å²) in [6.07, 6.45) is 0.634. The summed E-state index contributed by atoms with van der Waals surface area (Å²) >= 11 is 32.8. The van der Waals surface area contributed by atoms with Crippen LogP contribution in [-0.2, 0) is 4.74 Å². The van der Waals surface area contributed by atoms with Crippen LogP contribution < -0.4 is 0 Å². The normalized spacial score (nSPS) is 13.4. The topological polar surface area (TPSA) is 9.23 Å². The van der Waals surface area contributed by atoms with E-state index in [-0.39, 0.29) is 0 Å². The van der Waals surface area contributed by atoms with Crippen molar-refractivity contribution in [3.05, 3.63) is 0 Å². The number of rotatable bonds is 4. The summed E-state index contributed by atoms with van der Waals surface area (Å²) in [4.78, 5) is 0. The number of halogens is 6. The van der Waals surface area contributed by atoms with Crippen molar-refractivity contribution in [2.24, 2.45) is 0 Å². The van der Waals surface area contributed by atoms with Gasteiger partial charge in [-0.1, -0.05) is 69.6 Å². The molecule has 0 aromatic rings. The third-order valence-electron chi connectivity index (χ3n) is 1.06. The standard InChI is InChI=1S/C6H8Cl6O/c7-5(8,9)1-3-13-4-2-6(10,11)12/h1-4H2. The van der Waals surface area contributed by atoms with Crippen LogP contribution in [0.5, 0.6) is 0 Å². The number of hydrogen-bond acceptors (Lipinski definition) is 1. The highest BCUT2D eigenvalue weighted by atomic mass is 35.6. The molecule has 13 heavy (non-hydrogen) atoms. The molecule has 0 bridgehead atoms. The van der Waals surface area contributed by atoms with E-state index in [4.69, 9.17) is 74.3 Å². The molecular formula is C6H8Cl6O. The van der Waals surface area contributed by atoms with Crippen molar-refractivity contribution >= 4 is 69.6 Å². The molecule has 0 atom stereocenters. The van der Waals surface area contributed by atoms with Crippen LogP contribution in [0.15, 0.2) is 0 Å². The summed E-state index contributed by atoms with van der Waals surface area (Å²) in [6, 6.07) is 0. The quantitative estimate of drug-likeness (QED) is 0.548. The molecule has 0 heterocycles. The van der Waals surface area contributed by atoms with Crippen molar-refractivity contribution in [2.45, 2.75) is 20.4 Å². The summed E-state index contributed by atoms with van der Waals surface area (Å²) in [5.74, 6) is 0. The molecule has 0 radical (unpaired) electrons. The zero-order valence-corrected chi connectivity index (χ0v) is 11.0. The molecule has 0 N–H and O–H groups in total. The van der Waals surface area contributed by atoms with Crippen molar-refractivity contribution < 1.29 is 4.74 Å². The van der Waals surface area contributed by atoms with E-state index < -0.39 is 7.59 Å². The molecule has 0 aliphatic rings. The summed E-state index contributed by atoms with van der Waals surface area (Å²) < 4.78 is 2.52. The Balaban J connectivity index is 3.28. The van der Waals surface area contributed by atoms with Crippen LogP contribution in [0, 0.1) is 0 Å². The Hall–Kier alpha value is 1.70. The average Bonchev–Trinajstić information content (AvgIpc) is 1.81. The molecule has 1 nitrogen and oxygen atoms in total. The molecule has 0 saturated heterocycles. The first-order valence-electron chi connectivity index (χ1n) is 3.42. The minimum atomic E-state index is -1.28. The highest BCUT2D eigenvalue weighted by Gasteiger charge is 2.21. The predicted octanol–water partition coefficient (Wildman–Crippen LogP) is 4.52. The van der Waals surface area contributed by atoms with E-state index in [1.807, 2.05) is 0 Å². The van der Waals surface area contributed by atoms with Crippen LogP contribution in [0.2, 0.25) is 0 Å². The van der Waals surface area contributed by atoms with E-state index in [9.17, 15) is 0 Å². The van der Waals surface area contributed by atoms with Crippen LogP contribution in [0.1, 0.15) is 12.8 Å². The molecule has 0 aromatic heterocycles. The van der Waals surface area contributed by atoms with E-state index in [2.05, 4.69) is 0 Å². The molecular weight excluding hydrogens is 301 g/mol. The Morgan fingerprint density at radius 2 is 1.00 bits per heavy atom. The second-order valence-electron chi connectivity index (χ2n) is 2.34. The monoisotopic (exact) mass is 306 g/mol. The van der Waals surface area contributed by atoms with Gasteiger partial charge < -0.3 is 4.74 Å². The first kappa shape index (κ1) is 14.7. The highest BCUT2D eigenvalue weighted by molar-refractivity contribution is 6.67. The fourth-order valence-corrected chi connectivity index (χ4v) is 0.941. The maximum Gasteiger partial charge on any atom is 0.192 e. The first-order chi connectivity index (χ1) is 5.71. The molecule has 0 rings (SSSR count). The molecule has 80 valence electrons. The molecule has 0 amide bonds. The van der Waals surface area contributed by atoms with Crippen molar-refractivity contribution in [3.8, 4) is 0 Å². The molecule has 0 aromatic carbocycles. The Morgan fingerprint density at radius 1 is 0.692 bits per heavy atom. The Labute approximate surface area is 107 Å². The SMILES string of the molecule is ClC(Cl)(Cl)CCOCCC(Cl)(Cl)Cl. The Bertz CT molecular complexity index is 121. The van der Waals surface area contributed by atoms with E-state index >= 15 is 0 Å². The molecule has 0 unspecified atom stereocenters. The summed E-state index contributed by atoms with van der Waals surface area (Å²) in [7, 11) is 0. The van der Waals surface area contributed by atoms with Gasteiger partial charge in [-0.2, -0.15) is 0 Å². The van der Waals surface area contributed by atoms with Crippen molar-refractivity contribution in [1.29, 1.82) is 0 Å². The van der Waals surface area contributed by atoms with Gasteiger partial charge in [0.1, 0.15) is 0 Å². The van der Waals surface area contributed by atoms with E-state index in [1.165, 1.54) is 0 Å². The third kappa shape index (κ3) is 13.7. The molecule has 0 aliphatic heterocycles. The lowest BCUT2D eigenvalue weighted by atomic mass is 10.5. The van der Waals surface area contributed by atoms with E-state index in [1.54, 1.807) is 0 Å². The van der Waals surface area contributed by atoms with Crippen molar-refractivity contribution in [1.82, 2.24) is 0 Å². The Morgan fingerprint density at radius 3 is 1.23 bits per heavy atom. The molecule has 0 spiro atoms. The summed E-state index contributed by atoms with van der Waals surface area (Å²) in [5.41, 5.74) is 0. The molecule has 0 saturated carbocycles. The fourth-order valence-electron chi connectivity index (χ4n) is 0.478. The van der Waals surface area contributed by atoms with Crippen LogP contribution in [0.3, 0.4) is 0 Å². The van der Waals surface area contributed by atoms with Gasteiger partial charge in [-0.05, 0) is 0 Å². The van der Waals surface area contributed by atoms with Gasteiger partial charge in [0, 0.05) is 12.8 Å². The van der Waals surface area contributed by atoms with Crippen LogP contribution in [-0.4, -0.2) is 20.8 Å². The lowest BCUT2D eigenvalue weighted by Crippen LogP contribution is -2.11. The summed E-state index contributed by atoms with van der Waals surface area (Å²) in [6.45, 7) is 0.661. The maximum atomic E-state index is 5.47. The first-order valence-corrected chi connectivity index (χ1v) is 5.69. The lowest BCUT2D eigenvalue weighted by molar-refractivity contribution is 0.131. The van der Waals surface area contributed by atoms with Crippen LogP contribution in [0.25, 0.3) is 0 Å². The van der Waals surface area contributed by atoms with E-state index in [0.717, 1.165) is 0 Å². The highest BCUT2D eigenvalue weighted by Crippen LogP contribution is 2.31. The fraction of sp³-hybridized carbons (Fsp3) is 1.00. The number of hydrogen-bond donors (Lipinski definition) is 0. The predicted molar refractivity (Wildman–Crippen MR) is 60.6 cm³/mol. The van der Waals surface area contributed by atoms with E-state index in [0.29, 0.717) is 26.1 Å². The van der Waals surface area contributed by atoms with Gasteiger partial charge in [0.2, 0.25) is 0 Å². The summed E-state index contributed by atoms with van der Waals surface area (Å²) in [5, 5.41) is 0. The number of ether oxygens (including phenoxy) is 1. The van der Waals surface area contributed by atoms with Gasteiger partial charge >= 0.3 is 0 Å². The largest absolute Gasteiger partial charge is 0.381 e. The van der Waals surface area contributed by atoms with Gasteiger partial charge in [0.25, 0.3) is 0 Å². The zero-order valence-electron chi connectivity index (χ0n) is 6.50. The van der Waals surface area contributed by atoms with Gasteiger partial charge in [0.15, 0.2) is 7.59 Å².